The van der Waals surface area contributed by atoms with Crippen molar-refractivity contribution in [3.63, 3.8) is 0 Å². The van der Waals surface area contributed by atoms with E-state index in [4.69, 9.17) is 0 Å². The predicted molar refractivity (Wildman–Crippen MR) is 92.5 cm³/mol. The highest BCUT2D eigenvalue weighted by Gasteiger charge is 2.19. The van der Waals surface area contributed by atoms with Crippen LogP contribution in [0, 0.1) is 22.7 Å². The molecule has 21 heavy (non-hydrogen) atoms. The summed E-state index contributed by atoms with van der Waals surface area (Å²) in [5.41, 5.74) is 0. The van der Waals surface area contributed by atoms with Crippen LogP contribution in [0.5, 0.6) is 0 Å². The summed E-state index contributed by atoms with van der Waals surface area (Å²) < 4.78 is 0. The Balaban J connectivity index is 2.18. The van der Waals surface area contributed by atoms with E-state index in [1.54, 1.807) is 0 Å². The summed E-state index contributed by atoms with van der Waals surface area (Å²) in [7, 11) is 0. The third-order valence-corrected chi connectivity index (χ3v) is 5.46. The van der Waals surface area contributed by atoms with E-state index < -0.39 is 0 Å². The number of nitrogens with zero attached hydrogens (tertiary/aromatic N) is 1. The first-order valence-corrected chi connectivity index (χ1v) is 9.59. The maximum absolute atomic E-state index is 10.3. The first kappa shape index (κ1) is 18.6. The van der Waals surface area contributed by atoms with Gasteiger partial charge in [-0.25, -0.2) is 0 Å². The number of hydrogen-bond acceptors (Lipinski definition) is 2. The molecule has 1 rings (SSSR count). The van der Waals surface area contributed by atoms with Crippen LogP contribution < -0.4 is 0 Å². The van der Waals surface area contributed by atoms with E-state index in [-0.39, 0.29) is 0 Å². The lowest BCUT2D eigenvalue weighted by Crippen LogP contribution is -2.04. The molecule has 0 N–H and O–H groups in total. The van der Waals surface area contributed by atoms with Gasteiger partial charge in [-0.1, -0.05) is 96.1 Å². The maximum atomic E-state index is 10.3. The molecule has 0 spiro atoms. The normalized spacial score (nSPS) is 23.2. The molecule has 2 atom stereocenters. The summed E-state index contributed by atoms with van der Waals surface area (Å²) in [4.78, 5) is 10.3. The Bertz CT molecular complexity index is 248. The predicted octanol–water partition coefficient (Wildman–Crippen LogP) is 6.73. The van der Waals surface area contributed by atoms with Crippen LogP contribution in [-0.4, -0.2) is 6.54 Å². The van der Waals surface area contributed by atoms with Crippen LogP contribution in [-0.2, 0) is 0 Å². The topological polar surface area (TPSA) is 29.4 Å². The van der Waals surface area contributed by atoms with Crippen molar-refractivity contribution >= 4 is 0 Å². The Labute approximate surface area is 132 Å². The maximum Gasteiger partial charge on any atom is 0.0813 e. The molecule has 2 unspecified atom stereocenters. The molecule has 2 heteroatoms. The van der Waals surface area contributed by atoms with E-state index in [9.17, 15) is 4.91 Å². The van der Waals surface area contributed by atoms with Crippen molar-refractivity contribution in [3.8, 4) is 0 Å². The molecule has 0 amide bonds. The van der Waals surface area contributed by atoms with E-state index in [1.807, 2.05) is 0 Å². The van der Waals surface area contributed by atoms with Crippen LogP contribution in [0.4, 0.5) is 0 Å². The van der Waals surface area contributed by atoms with Gasteiger partial charge in [0, 0.05) is 0 Å². The average Bonchev–Trinajstić information content (AvgIpc) is 2.71. The molecule has 1 aliphatic carbocycles. The van der Waals surface area contributed by atoms with E-state index in [2.05, 4.69) is 19.0 Å². The molecule has 1 fully saturated rings. The highest BCUT2D eigenvalue weighted by Crippen LogP contribution is 2.32. The third kappa shape index (κ3) is 8.58. The fourth-order valence-corrected chi connectivity index (χ4v) is 4.21. The van der Waals surface area contributed by atoms with Gasteiger partial charge in [0.15, 0.2) is 0 Å². The van der Waals surface area contributed by atoms with Gasteiger partial charge in [0.05, 0.1) is 6.54 Å². The van der Waals surface area contributed by atoms with Crippen molar-refractivity contribution in [3.05, 3.63) is 4.91 Å². The van der Waals surface area contributed by atoms with Crippen molar-refractivity contribution in [1.29, 1.82) is 0 Å². The van der Waals surface area contributed by atoms with Crippen LogP contribution in [0.3, 0.4) is 0 Å². The minimum absolute atomic E-state index is 0.533. The second-order valence-electron chi connectivity index (χ2n) is 7.26. The van der Waals surface area contributed by atoms with E-state index >= 15 is 0 Å². The Hall–Kier alpha value is -0.400. The Morgan fingerprint density at radius 3 is 2.10 bits per heavy atom. The van der Waals surface area contributed by atoms with Gasteiger partial charge in [-0.3, -0.25) is 0 Å². The third-order valence-electron chi connectivity index (χ3n) is 5.46. The first-order valence-electron chi connectivity index (χ1n) is 9.59. The van der Waals surface area contributed by atoms with Gasteiger partial charge in [0.25, 0.3) is 0 Å². The van der Waals surface area contributed by atoms with Gasteiger partial charge in [0.1, 0.15) is 0 Å². The molecule has 2 nitrogen and oxygen atoms in total. The standard InChI is InChI=1S/C19H37NO/c1-3-7-17(8-4-2)9-5-10-18-11-6-12-19(14-13-18)15-16-20-21/h17-19H,3-16H2,1-2H3. The monoisotopic (exact) mass is 295 g/mol. The Morgan fingerprint density at radius 2 is 1.52 bits per heavy atom. The molecular weight excluding hydrogens is 258 g/mol. The van der Waals surface area contributed by atoms with Crippen LogP contribution in [0.25, 0.3) is 0 Å². The highest BCUT2D eigenvalue weighted by atomic mass is 16.3. The zero-order valence-electron chi connectivity index (χ0n) is 14.5. The van der Waals surface area contributed by atoms with Crippen molar-refractivity contribution < 1.29 is 0 Å². The number of hydrogen-bond donors (Lipinski definition) is 0. The lowest BCUT2D eigenvalue weighted by Gasteiger charge is -2.18. The van der Waals surface area contributed by atoms with Gasteiger partial charge in [-0.05, 0) is 24.2 Å². The highest BCUT2D eigenvalue weighted by molar-refractivity contribution is 4.72. The summed E-state index contributed by atoms with van der Waals surface area (Å²) in [6.45, 7) is 5.18. The molecule has 0 radical (unpaired) electrons. The Kier molecular flexibility index (Phi) is 10.8. The fraction of sp³-hybridized carbons (Fsp3) is 1.00. The zero-order valence-corrected chi connectivity index (χ0v) is 14.5. The lowest BCUT2D eigenvalue weighted by molar-refractivity contribution is 0.347. The summed E-state index contributed by atoms with van der Waals surface area (Å²) in [6.07, 6.45) is 17.8. The second-order valence-corrected chi connectivity index (χ2v) is 7.26. The van der Waals surface area contributed by atoms with Crippen LogP contribution in [0.2, 0.25) is 0 Å². The summed E-state index contributed by atoms with van der Waals surface area (Å²) in [5, 5.41) is 3.03. The van der Waals surface area contributed by atoms with Crippen LogP contribution in [0.15, 0.2) is 5.18 Å². The smallest absolute Gasteiger partial charge is 0.0813 e. The molecule has 1 aliphatic rings. The van der Waals surface area contributed by atoms with Crippen LogP contribution >= 0.6 is 0 Å². The number of rotatable bonds is 11. The quantitative estimate of drug-likeness (QED) is 0.307. The van der Waals surface area contributed by atoms with E-state index in [0.717, 1.165) is 24.2 Å². The summed E-state index contributed by atoms with van der Waals surface area (Å²) in [6, 6.07) is 0. The van der Waals surface area contributed by atoms with Gasteiger partial charge in [-0.15, -0.1) is 0 Å². The second kappa shape index (κ2) is 12.2. The molecule has 1 saturated carbocycles. The molecule has 124 valence electrons. The molecule has 0 bridgehead atoms. The molecule has 0 aromatic rings. The minimum atomic E-state index is 0.533. The van der Waals surface area contributed by atoms with Gasteiger partial charge in [-0.2, -0.15) is 4.91 Å². The summed E-state index contributed by atoms with van der Waals surface area (Å²) >= 11 is 0. The molecule has 0 heterocycles. The van der Waals surface area contributed by atoms with E-state index in [1.165, 1.54) is 77.0 Å². The van der Waals surface area contributed by atoms with Crippen molar-refractivity contribution in [2.24, 2.45) is 22.9 Å². The first-order chi connectivity index (χ1) is 10.3. The Morgan fingerprint density at radius 1 is 0.905 bits per heavy atom. The fourth-order valence-electron chi connectivity index (χ4n) is 4.21. The number of nitroso groups, excluding NO2 is 1. The molecule has 0 saturated heterocycles. The van der Waals surface area contributed by atoms with Gasteiger partial charge in [0.2, 0.25) is 0 Å². The van der Waals surface area contributed by atoms with E-state index in [0.29, 0.717) is 6.54 Å². The average molecular weight is 296 g/mol. The van der Waals surface area contributed by atoms with Gasteiger partial charge >= 0.3 is 0 Å². The van der Waals surface area contributed by atoms with Crippen molar-refractivity contribution in [1.82, 2.24) is 0 Å². The summed E-state index contributed by atoms with van der Waals surface area (Å²) in [5.74, 6) is 2.72. The molecular formula is C19H37NO. The molecule has 0 aromatic carbocycles. The molecule has 0 aromatic heterocycles. The van der Waals surface area contributed by atoms with Crippen molar-refractivity contribution in [2.45, 2.75) is 97.3 Å². The van der Waals surface area contributed by atoms with Gasteiger partial charge < -0.3 is 0 Å². The molecule has 0 aliphatic heterocycles. The lowest BCUT2D eigenvalue weighted by atomic mass is 9.88. The largest absolute Gasteiger partial charge is 0.151 e. The van der Waals surface area contributed by atoms with Crippen molar-refractivity contribution in [2.75, 3.05) is 6.54 Å². The van der Waals surface area contributed by atoms with Crippen LogP contribution in [0.1, 0.15) is 97.3 Å². The SMILES string of the molecule is CCCC(CCC)CCCC1CCCC(CCN=O)CC1. The minimum Gasteiger partial charge on any atom is -0.151 e. The zero-order chi connectivity index (χ0) is 15.3.